The number of rotatable bonds is 2. The highest BCUT2D eigenvalue weighted by Gasteiger charge is 2.12. The Hall–Kier alpha value is -0.740. The molecule has 1 aliphatic rings. The standard InChI is InChI=1S/C11H18N2OS/c1-8-4-5-10(12-2)9(7-14)6-13-11(8)15-3/h5-6,8,12,14H,4,7H2,1-3H3. The number of hydrogen-bond acceptors (Lipinski definition) is 4. The third kappa shape index (κ3) is 3.11. The molecular formula is C11H18N2OS. The molecule has 0 amide bonds. The van der Waals surface area contributed by atoms with Crippen molar-refractivity contribution in [1.29, 1.82) is 0 Å². The van der Waals surface area contributed by atoms with E-state index in [1.54, 1.807) is 18.0 Å². The van der Waals surface area contributed by atoms with E-state index in [-0.39, 0.29) is 6.61 Å². The number of hydrogen-bond donors (Lipinski definition) is 2. The van der Waals surface area contributed by atoms with E-state index < -0.39 is 0 Å². The molecule has 0 bridgehead atoms. The minimum Gasteiger partial charge on any atom is -0.392 e. The maximum absolute atomic E-state index is 9.21. The second kappa shape index (κ2) is 5.98. The first kappa shape index (κ1) is 12.3. The van der Waals surface area contributed by atoms with E-state index in [0.717, 1.165) is 22.7 Å². The number of aliphatic hydroxyl groups excluding tert-OH is 1. The van der Waals surface area contributed by atoms with Crippen molar-refractivity contribution in [3.63, 3.8) is 0 Å². The van der Waals surface area contributed by atoms with E-state index in [4.69, 9.17) is 0 Å². The van der Waals surface area contributed by atoms with Gasteiger partial charge in [-0.15, -0.1) is 11.8 Å². The van der Waals surface area contributed by atoms with Crippen LogP contribution in [0.5, 0.6) is 0 Å². The van der Waals surface area contributed by atoms with Gasteiger partial charge >= 0.3 is 0 Å². The maximum Gasteiger partial charge on any atom is 0.0760 e. The first-order valence-corrected chi connectivity index (χ1v) is 6.25. The van der Waals surface area contributed by atoms with Crippen LogP contribution in [0.1, 0.15) is 13.3 Å². The molecule has 1 rings (SSSR count). The van der Waals surface area contributed by atoms with E-state index in [0.29, 0.717) is 5.92 Å². The first-order chi connectivity index (χ1) is 7.22. The van der Waals surface area contributed by atoms with Crippen LogP contribution >= 0.6 is 11.8 Å². The highest BCUT2D eigenvalue weighted by Crippen LogP contribution is 2.20. The van der Waals surface area contributed by atoms with Crippen LogP contribution < -0.4 is 5.32 Å². The fourth-order valence-corrected chi connectivity index (χ4v) is 2.16. The van der Waals surface area contributed by atoms with E-state index in [1.807, 2.05) is 13.3 Å². The summed E-state index contributed by atoms with van der Waals surface area (Å²) in [6.07, 6.45) is 6.86. The third-order valence-corrected chi connectivity index (χ3v) is 3.37. The lowest BCUT2D eigenvalue weighted by molar-refractivity contribution is 0.332. The molecule has 2 N–H and O–H groups in total. The lowest BCUT2D eigenvalue weighted by atomic mass is 10.1. The molecule has 1 aliphatic heterocycles. The monoisotopic (exact) mass is 226 g/mol. The number of likely N-dealkylation sites (N-methyl/N-ethyl adjacent to an activating group) is 1. The second-order valence-electron chi connectivity index (χ2n) is 3.49. The summed E-state index contributed by atoms with van der Waals surface area (Å²) in [6, 6.07) is 0. The van der Waals surface area contributed by atoms with Crippen molar-refractivity contribution in [1.82, 2.24) is 5.32 Å². The Labute approximate surface area is 95.4 Å². The average molecular weight is 226 g/mol. The Kier molecular flexibility index (Phi) is 4.91. The Morgan fingerprint density at radius 1 is 1.67 bits per heavy atom. The SMILES string of the molecule is CNC1=CCC(C)C(SC)=NC=C1CO. The quantitative estimate of drug-likeness (QED) is 0.754. The zero-order valence-electron chi connectivity index (χ0n) is 9.45. The largest absolute Gasteiger partial charge is 0.392 e. The molecule has 0 spiro atoms. The first-order valence-electron chi connectivity index (χ1n) is 5.02. The van der Waals surface area contributed by atoms with Crippen molar-refractivity contribution in [2.45, 2.75) is 13.3 Å². The number of aliphatic imine (C=N–C) groups is 1. The lowest BCUT2D eigenvalue weighted by Crippen LogP contribution is -2.15. The number of thioether (sulfide) groups is 1. The predicted molar refractivity (Wildman–Crippen MR) is 67.0 cm³/mol. The molecule has 0 fully saturated rings. The molecule has 84 valence electrons. The molecule has 0 saturated heterocycles. The molecule has 1 heterocycles. The van der Waals surface area contributed by atoms with Crippen molar-refractivity contribution in [3.05, 3.63) is 23.5 Å². The molecule has 0 aromatic carbocycles. The lowest BCUT2D eigenvalue weighted by Gasteiger charge is -2.16. The van der Waals surface area contributed by atoms with Crippen LogP contribution in [-0.2, 0) is 0 Å². The fourth-order valence-electron chi connectivity index (χ4n) is 1.51. The second-order valence-corrected chi connectivity index (χ2v) is 4.31. The molecule has 0 saturated carbocycles. The topological polar surface area (TPSA) is 44.6 Å². The van der Waals surface area contributed by atoms with Crippen molar-refractivity contribution in [3.8, 4) is 0 Å². The van der Waals surface area contributed by atoms with Gasteiger partial charge in [0.2, 0.25) is 0 Å². The molecule has 1 atom stereocenters. The fraction of sp³-hybridized carbons (Fsp3) is 0.545. The summed E-state index contributed by atoms with van der Waals surface area (Å²) in [6.45, 7) is 2.18. The van der Waals surface area contributed by atoms with Gasteiger partial charge in [-0.2, -0.15) is 0 Å². The molecule has 3 nitrogen and oxygen atoms in total. The van der Waals surface area contributed by atoms with E-state index in [2.05, 4.69) is 23.3 Å². The van der Waals surface area contributed by atoms with Gasteiger partial charge in [0.15, 0.2) is 0 Å². The predicted octanol–water partition coefficient (Wildman–Crippen LogP) is 1.77. The van der Waals surface area contributed by atoms with Gasteiger partial charge in [0.05, 0.1) is 11.7 Å². The summed E-state index contributed by atoms with van der Waals surface area (Å²) in [5, 5.41) is 13.4. The summed E-state index contributed by atoms with van der Waals surface area (Å²) in [5.41, 5.74) is 1.82. The smallest absolute Gasteiger partial charge is 0.0760 e. The zero-order valence-corrected chi connectivity index (χ0v) is 10.3. The highest BCUT2D eigenvalue weighted by atomic mass is 32.2. The van der Waals surface area contributed by atoms with Gasteiger partial charge in [0, 0.05) is 30.4 Å². The van der Waals surface area contributed by atoms with Crippen LogP contribution in [0.25, 0.3) is 0 Å². The molecule has 0 aromatic rings. The van der Waals surface area contributed by atoms with Gasteiger partial charge in [-0.3, -0.25) is 4.99 Å². The van der Waals surface area contributed by atoms with E-state index in [1.165, 1.54) is 0 Å². The van der Waals surface area contributed by atoms with Crippen LogP contribution in [-0.4, -0.2) is 30.1 Å². The van der Waals surface area contributed by atoms with Crippen molar-refractivity contribution < 1.29 is 5.11 Å². The van der Waals surface area contributed by atoms with Gasteiger partial charge in [0.25, 0.3) is 0 Å². The molecule has 0 aromatic heterocycles. The summed E-state index contributed by atoms with van der Waals surface area (Å²) in [5.74, 6) is 0.444. The molecule has 0 radical (unpaired) electrons. The minimum absolute atomic E-state index is 0.0201. The van der Waals surface area contributed by atoms with Crippen LogP contribution in [0.4, 0.5) is 0 Å². The molecule has 4 heteroatoms. The molecule has 15 heavy (non-hydrogen) atoms. The number of allylic oxidation sites excluding steroid dienone is 1. The van der Waals surface area contributed by atoms with Gasteiger partial charge in [-0.05, 0) is 12.7 Å². The van der Waals surface area contributed by atoms with Gasteiger partial charge in [-0.1, -0.05) is 13.0 Å². The number of nitrogens with zero attached hydrogens (tertiary/aromatic N) is 1. The van der Waals surface area contributed by atoms with Crippen LogP contribution in [0, 0.1) is 5.92 Å². The molecule has 0 aliphatic carbocycles. The Bertz CT molecular complexity index is 308. The van der Waals surface area contributed by atoms with E-state index >= 15 is 0 Å². The summed E-state index contributed by atoms with van der Waals surface area (Å²) in [4.78, 5) is 4.41. The van der Waals surface area contributed by atoms with Crippen molar-refractivity contribution >= 4 is 16.8 Å². The zero-order chi connectivity index (χ0) is 11.3. The number of aliphatic hydroxyl groups is 1. The minimum atomic E-state index is 0.0201. The molecular weight excluding hydrogens is 208 g/mol. The summed E-state index contributed by atoms with van der Waals surface area (Å²) >= 11 is 1.67. The molecule has 1 unspecified atom stereocenters. The summed E-state index contributed by atoms with van der Waals surface area (Å²) < 4.78 is 0. The average Bonchev–Trinajstić information content (AvgIpc) is 2.24. The van der Waals surface area contributed by atoms with E-state index in [9.17, 15) is 5.11 Å². The van der Waals surface area contributed by atoms with Crippen LogP contribution in [0.3, 0.4) is 0 Å². The Balaban J connectivity index is 3.01. The van der Waals surface area contributed by atoms with Crippen molar-refractivity contribution in [2.75, 3.05) is 19.9 Å². The van der Waals surface area contributed by atoms with Crippen molar-refractivity contribution in [2.24, 2.45) is 10.9 Å². The maximum atomic E-state index is 9.21. The van der Waals surface area contributed by atoms with Gasteiger partial charge in [0.1, 0.15) is 0 Å². The Morgan fingerprint density at radius 2 is 2.40 bits per heavy atom. The van der Waals surface area contributed by atoms with Crippen LogP contribution in [0.15, 0.2) is 28.5 Å². The number of nitrogens with one attached hydrogen (secondary N) is 1. The third-order valence-electron chi connectivity index (χ3n) is 2.44. The van der Waals surface area contributed by atoms with Crippen LogP contribution in [0.2, 0.25) is 0 Å². The summed E-state index contributed by atoms with van der Waals surface area (Å²) in [7, 11) is 1.86. The Morgan fingerprint density at radius 3 is 2.93 bits per heavy atom. The van der Waals surface area contributed by atoms with Gasteiger partial charge < -0.3 is 10.4 Å². The van der Waals surface area contributed by atoms with Gasteiger partial charge in [-0.25, -0.2) is 0 Å². The normalized spacial score (nSPS) is 22.1. The highest BCUT2D eigenvalue weighted by molar-refractivity contribution is 8.13.